The van der Waals surface area contributed by atoms with Gasteiger partial charge in [-0.1, -0.05) is 42.5 Å². The van der Waals surface area contributed by atoms with Crippen LogP contribution in [-0.2, 0) is 14.3 Å². The molecule has 2 N–H and O–H groups in total. The number of primary amides is 1. The van der Waals surface area contributed by atoms with Crippen LogP contribution in [0.25, 0.3) is 0 Å². The summed E-state index contributed by atoms with van der Waals surface area (Å²) in [6.45, 7) is 3.90. The van der Waals surface area contributed by atoms with Gasteiger partial charge >= 0.3 is 5.97 Å². The van der Waals surface area contributed by atoms with Crippen molar-refractivity contribution in [2.24, 2.45) is 5.73 Å². The first kappa shape index (κ1) is 18.4. The third kappa shape index (κ3) is 5.01. The Morgan fingerprint density at radius 3 is 2.24 bits per heavy atom. The van der Waals surface area contributed by atoms with Gasteiger partial charge in [-0.05, 0) is 31.0 Å². The lowest BCUT2D eigenvalue weighted by atomic mass is 10.0. The van der Waals surface area contributed by atoms with Crippen molar-refractivity contribution in [1.29, 1.82) is 0 Å². The fraction of sp³-hybridized carbons (Fsp3) is 0.250. The lowest BCUT2D eigenvalue weighted by Gasteiger charge is -2.15. The summed E-state index contributed by atoms with van der Waals surface area (Å²) < 4.78 is 5.16. The summed E-state index contributed by atoms with van der Waals surface area (Å²) in [5.41, 5.74) is 8.50. The minimum atomic E-state index is -1.15. The first-order chi connectivity index (χ1) is 11.9. The summed E-state index contributed by atoms with van der Waals surface area (Å²) in [7, 11) is 0. The zero-order chi connectivity index (χ0) is 18.4. The summed E-state index contributed by atoms with van der Waals surface area (Å²) >= 11 is 0. The molecule has 0 aliphatic carbocycles. The highest BCUT2D eigenvalue weighted by Gasteiger charge is 2.22. The van der Waals surface area contributed by atoms with Crippen LogP contribution >= 0.6 is 0 Å². The molecule has 0 aromatic heterocycles. The standard InChI is InChI=1S/C20H21NO4/c1-13-8-9-16(12-14(13)2)17(22)10-11-18(23)25-19(20(21)24)15-6-4-3-5-7-15/h3-9,12,19H,10-11H2,1-2H3,(H2,21,24). The van der Waals surface area contributed by atoms with Crippen LogP contribution in [0.2, 0.25) is 0 Å². The number of hydrogen-bond donors (Lipinski definition) is 1. The van der Waals surface area contributed by atoms with E-state index < -0.39 is 18.0 Å². The average Bonchev–Trinajstić information content (AvgIpc) is 2.60. The van der Waals surface area contributed by atoms with Gasteiger partial charge in [0.15, 0.2) is 5.78 Å². The van der Waals surface area contributed by atoms with Crippen LogP contribution in [0.1, 0.15) is 46.0 Å². The first-order valence-corrected chi connectivity index (χ1v) is 8.02. The third-order valence-electron chi connectivity index (χ3n) is 4.00. The zero-order valence-corrected chi connectivity index (χ0v) is 14.3. The molecule has 25 heavy (non-hydrogen) atoms. The Morgan fingerprint density at radius 2 is 1.64 bits per heavy atom. The Balaban J connectivity index is 1.96. The second-order valence-electron chi connectivity index (χ2n) is 5.91. The van der Waals surface area contributed by atoms with E-state index in [0.717, 1.165) is 11.1 Å². The topological polar surface area (TPSA) is 86.5 Å². The molecule has 5 heteroatoms. The van der Waals surface area contributed by atoms with Crippen molar-refractivity contribution in [3.05, 3.63) is 70.8 Å². The maximum atomic E-state index is 12.2. The van der Waals surface area contributed by atoms with Gasteiger partial charge in [0.05, 0.1) is 6.42 Å². The Labute approximate surface area is 146 Å². The quantitative estimate of drug-likeness (QED) is 0.620. The van der Waals surface area contributed by atoms with Crippen LogP contribution in [0.4, 0.5) is 0 Å². The van der Waals surface area contributed by atoms with Crippen molar-refractivity contribution in [3.63, 3.8) is 0 Å². The summed E-state index contributed by atoms with van der Waals surface area (Å²) in [5.74, 6) is -1.53. The lowest BCUT2D eigenvalue weighted by Crippen LogP contribution is -2.26. The molecule has 1 atom stereocenters. The number of ketones is 1. The monoisotopic (exact) mass is 339 g/mol. The number of carbonyl (C=O) groups is 3. The van der Waals surface area contributed by atoms with Crippen LogP contribution in [-0.4, -0.2) is 17.7 Å². The van der Waals surface area contributed by atoms with Gasteiger partial charge in [-0.25, -0.2) is 0 Å². The minimum absolute atomic E-state index is 0.0155. The van der Waals surface area contributed by atoms with Crippen LogP contribution in [0.5, 0.6) is 0 Å². The maximum Gasteiger partial charge on any atom is 0.307 e. The molecule has 0 heterocycles. The van der Waals surface area contributed by atoms with Crippen LogP contribution in [0, 0.1) is 13.8 Å². The van der Waals surface area contributed by atoms with Crippen molar-refractivity contribution in [2.75, 3.05) is 0 Å². The average molecular weight is 339 g/mol. The number of Topliss-reactive ketones (excluding diaryl/α,β-unsaturated/α-hetero) is 1. The van der Waals surface area contributed by atoms with Gasteiger partial charge in [0.25, 0.3) is 5.91 Å². The lowest BCUT2D eigenvalue weighted by molar-refractivity contribution is -0.155. The molecular weight excluding hydrogens is 318 g/mol. The Morgan fingerprint density at radius 1 is 0.960 bits per heavy atom. The second-order valence-corrected chi connectivity index (χ2v) is 5.91. The number of aryl methyl sites for hydroxylation is 2. The van der Waals surface area contributed by atoms with Crippen molar-refractivity contribution in [2.45, 2.75) is 32.8 Å². The van der Waals surface area contributed by atoms with E-state index in [1.807, 2.05) is 19.9 Å². The number of benzene rings is 2. The fourth-order valence-electron chi connectivity index (χ4n) is 2.38. The Hall–Kier alpha value is -2.95. The highest BCUT2D eigenvalue weighted by molar-refractivity contribution is 5.98. The van der Waals surface area contributed by atoms with Gasteiger partial charge in [-0.15, -0.1) is 0 Å². The highest BCUT2D eigenvalue weighted by atomic mass is 16.5. The molecule has 0 radical (unpaired) electrons. The van der Waals surface area contributed by atoms with E-state index in [-0.39, 0.29) is 18.6 Å². The predicted octanol–water partition coefficient (Wildman–Crippen LogP) is 3.04. The normalized spacial score (nSPS) is 11.6. The van der Waals surface area contributed by atoms with Crippen molar-refractivity contribution >= 4 is 17.7 Å². The second kappa shape index (κ2) is 8.24. The van der Waals surface area contributed by atoms with E-state index in [9.17, 15) is 14.4 Å². The number of rotatable bonds is 7. The van der Waals surface area contributed by atoms with E-state index in [1.165, 1.54) is 0 Å². The van der Waals surface area contributed by atoms with E-state index in [1.54, 1.807) is 42.5 Å². The molecule has 0 fully saturated rings. The number of hydrogen-bond acceptors (Lipinski definition) is 4. The Bertz CT molecular complexity index is 784. The number of esters is 1. The highest BCUT2D eigenvalue weighted by Crippen LogP contribution is 2.18. The van der Waals surface area contributed by atoms with Crippen molar-refractivity contribution in [1.82, 2.24) is 0 Å². The molecule has 0 bridgehead atoms. The summed E-state index contributed by atoms with van der Waals surface area (Å²) in [5, 5.41) is 0. The van der Waals surface area contributed by atoms with Crippen molar-refractivity contribution < 1.29 is 19.1 Å². The number of ether oxygens (including phenoxy) is 1. The molecule has 2 rings (SSSR count). The van der Waals surface area contributed by atoms with E-state index >= 15 is 0 Å². The minimum Gasteiger partial charge on any atom is -0.447 e. The molecule has 5 nitrogen and oxygen atoms in total. The number of carbonyl (C=O) groups excluding carboxylic acids is 3. The number of nitrogens with two attached hydrogens (primary N) is 1. The van der Waals surface area contributed by atoms with E-state index in [0.29, 0.717) is 11.1 Å². The molecule has 1 amide bonds. The Kier molecular flexibility index (Phi) is 6.06. The maximum absolute atomic E-state index is 12.2. The van der Waals surface area contributed by atoms with Crippen LogP contribution in [0.3, 0.4) is 0 Å². The van der Waals surface area contributed by atoms with Gasteiger partial charge < -0.3 is 10.5 Å². The predicted molar refractivity (Wildman–Crippen MR) is 93.9 cm³/mol. The van der Waals surface area contributed by atoms with Crippen LogP contribution < -0.4 is 5.73 Å². The molecule has 0 saturated heterocycles. The van der Waals surface area contributed by atoms with Gasteiger partial charge in [-0.2, -0.15) is 0 Å². The molecular formula is C20H21NO4. The van der Waals surface area contributed by atoms with Crippen LogP contribution in [0.15, 0.2) is 48.5 Å². The molecule has 0 spiro atoms. The van der Waals surface area contributed by atoms with E-state index in [2.05, 4.69) is 0 Å². The zero-order valence-electron chi connectivity index (χ0n) is 14.3. The smallest absolute Gasteiger partial charge is 0.307 e. The third-order valence-corrected chi connectivity index (χ3v) is 4.00. The number of amides is 1. The molecule has 2 aromatic rings. The van der Waals surface area contributed by atoms with E-state index in [4.69, 9.17) is 10.5 Å². The van der Waals surface area contributed by atoms with Gasteiger partial charge in [-0.3, -0.25) is 14.4 Å². The van der Waals surface area contributed by atoms with Gasteiger partial charge in [0.2, 0.25) is 6.10 Å². The molecule has 2 aromatic carbocycles. The van der Waals surface area contributed by atoms with Crippen molar-refractivity contribution in [3.8, 4) is 0 Å². The van der Waals surface area contributed by atoms with Gasteiger partial charge in [0, 0.05) is 17.5 Å². The van der Waals surface area contributed by atoms with Gasteiger partial charge in [0.1, 0.15) is 0 Å². The molecule has 130 valence electrons. The molecule has 1 unspecified atom stereocenters. The largest absolute Gasteiger partial charge is 0.447 e. The molecule has 0 aliphatic heterocycles. The summed E-state index contributed by atoms with van der Waals surface area (Å²) in [6.07, 6.45) is -1.24. The molecule has 0 saturated carbocycles. The summed E-state index contributed by atoms with van der Waals surface area (Å²) in [4.78, 5) is 35.8. The molecule has 0 aliphatic rings. The SMILES string of the molecule is Cc1ccc(C(=O)CCC(=O)OC(C(N)=O)c2ccccc2)cc1C. The first-order valence-electron chi connectivity index (χ1n) is 8.02. The summed E-state index contributed by atoms with van der Waals surface area (Å²) in [6, 6.07) is 14.0. The fourth-order valence-corrected chi connectivity index (χ4v) is 2.38.